The van der Waals surface area contributed by atoms with Crippen LogP contribution in [0.4, 0.5) is 11.6 Å². The van der Waals surface area contributed by atoms with E-state index in [4.69, 9.17) is 11.6 Å². The highest BCUT2D eigenvalue weighted by Gasteiger charge is 2.27. The van der Waals surface area contributed by atoms with E-state index in [1.165, 1.54) is 17.4 Å². The van der Waals surface area contributed by atoms with E-state index in [-0.39, 0.29) is 24.5 Å². The van der Waals surface area contributed by atoms with E-state index in [0.29, 0.717) is 27.5 Å². The van der Waals surface area contributed by atoms with Crippen LogP contribution in [0.1, 0.15) is 41.4 Å². The Bertz CT molecular complexity index is 1130. The molecule has 4 rings (SSSR count). The Morgan fingerprint density at radius 1 is 1.29 bits per heavy atom. The van der Waals surface area contributed by atoms with Crippen molar-refractivity contribution in [1.82, 2.24) is 9.55 Å². The van der Waals surface area contributed by atoms with Crippen LogP contribution in [0.25, 0.3) is 11.0 Å². The van der Waals surface area contributed by atoms with Gasteiger partial charge in [-0.1, -0.05) is 24.2 Å². The highest BCUT2D eigenvalue weighted by atomic mass is 35.5. The fourth-order valence-corrected chi connectivity index (χ4v) is 5.01. The Morgan fingerprint density at radius 2 is 2.06 bits per heavy atom. The van der Waals surface area contributed by atoms with Gasteiger partial charge in [0.15, 0.2) is 0 Å². The second kappa shape index (κ2) is 9.21. The number of anilines is 2. The minimum atomic E-state index is -0.334. The summed E-state index contributed by atoms with van der Waals surface area (Å²) in [4.78, 5) is 29.5. The maximum atomic E-state index is 12.9. The molecular formula is C22H23ClN4O3S. The van der Waals surface area contributed by atoms with Crippen LogP contribution in [0, 0.1) is 5.92 Å². The summed E-state index contributed by atoms with van der Waals surface area (Å²) in [6.07, 6.45) is 4.75. The van der Waals surface area contributed by atoms with Gasteiger partial charge in [0, 0.05) is 18.0 Å². The molecular weight excluding hydrogens is 436 g/mol. The number of amides is 2. The van der Waals surface area contributed by atoms with Crippen molar-refractivity contribution in [3.05, 3.63) is 52.2 Å². The molecule has 3 N–H and O–H groups in total. The zero-order valence-electron chi connectivity index (χ0n) is 16.8. The lowest BCUT2D eigenvalue weighted by Crippen LogP contribution is -2.23. The number of hydrogen-bond donors (Lipinski definition) is 3. The summed E-state index contributed by atoms with van der Waals surface area (Å²) >= 11 is 7.74. The minimum Gasteiger partial charge on any atom is -0.396 e. The quantitative estimate of drug-likeness (QED) is 0.460. The minimum absolute atomic E-state index is 0.133. The van der Waals surface area contributed by atoms with Crippen molar-refractivity contribution in [2.75, 3.05) is 17.2 Å². The smallest absolute Gasteiger partial charge is 0.268 e. The number of thiophene rings is 1. The molecule has 1 aliphatic rings. The summed E-state index contributed by atoms with van der Waals surface area (Å²) < 4.78 is 2.02. The van der Waals surface area contributed by atoms with Crippen molar-refractivity contribution in [3.63, 3.8) is 0 Å². The van der Waals surface area contributed by atoms with Crippen molar-refractivity contribution >= 4 is 57.4 Å². The molecule has 9 heteroatoms. The van der Waals surface area contributed by atoms with Gasteiger partial charge in [0.1, 0.15) is 0 Å². The van der Waals surface area contributed by atoms with Crippen LogP contribution in [0.15, 0.2) is 42.3 Å². The molecule has 3 aromatic rings. The highest BCUT2D eigenvalue weighted by molar-refractivity contribution is 7.12. The second-order valence-electron chi connectivity index (χ2n) is 7.62. The molecule has 0 saturated heterocycles. The number of aliphatic hydroxyl groups is 1. The summed E-state index contributed by atoms with van der Waals surface area (Å²) in [5.41, 5.74) is 2.06. The molecule has 0 atom stereocenters. The lowest BCUT2D eigenvalue weighted by atomic mass is 9.86. The van der Waals surface area contributed by atoms with E-state index < -0.39 is 0 Å². The molecule has 2 heterocycles. The number of aliphatic hydroxyl groups excluding tert-OH is 1. The number of halogens is 1. The van der Waals surface area contributed by atoms with Crippen molar-refractivity contribution in [3.8, 4) is 0 Å². The zero-order valence-corrected chi connectivity index (χ0v) is 18.4. The normalized spacial score (nSPS) is 18.6. The molecule has 7 nitrogen and oxygen atoms in total. The maximum absolute atomic E-state index is 12.9. The van der Waals surface area contributed by atoms with E-state index in [1.807, 2.05) is 22.8 Å². The molecule has 2 aromatic heterocycles. The lowest BCUT2D eigenvalue weighted by molar-refractivity contribution is -0.111. The van der Waals surface area contributed by atoms with Gasteiger partial charge in [-0.05, 0) is 55.9 Å². The molecule has 0 spiro atoms. The van der Waals surface area contributed by atoms with Crippen LogP contribution in [0.5, 0.6) is 0 Å². The molecule has 162 valence electrons. The molecule has 0 unspecified atom stereocenters. The molecule has 0 bridgehead atoms. The third kappa shape index (κ3) is 4.51. The van der Waals surface area contributed by atoms with Crippen LogP contribution in [0.2, 0.25) is 5.02 Å². The number of rotatable bonds is 6. The largest absolute Gasteiger partial charge is 0.396 e. The van der Waals surface area contributed by atoms with Gasteiger partial charge in [0.25, 0.3) is 5.91 Å². The predicted octanol–water partition coefficient (Wildman–Crippen LogP) is 4.85. The van der Waals surface area contributed by atoms with Gasteiger partial charge in [0.05, 0.1) is 26.6 Å². The summed E-state index contributed by atoms with van der Waals surface area (Å²) in [5.74, 6) is 0.126. The van der Waals surface area contributed by atoms with Crippen molar-refractivity contribution < 1.29 is 14.7 Å². The summed E-state index contributed by atoms with van der Waals surface area (Å²) in [7, 11) is 0. The first-order valence-corrected chi connectivity index (χ1v) is 11.4. The van der Waals surface area contributed by atoms with Gasteiger partial charge in [-0.25, -0.2) is 4.98 Å². The number of aromatic nitrogens is 2. The van der Waals surface area contributed by atoms with Gasteiger partial charge in [-0.2, -0.15) is 0 Å². The van der Waals surface area contributed by atoms with E-state index in [2.05, 4.69) is 22.2 Å². The Balaban J connectivity index is 1.63. The van der Waals surface area contributed by atoms with Gasteiger partial charge in [-0.3, -0.25) is 14.9 Å². The first-order chi connectivity index (χ1) is 15.0. The molecule has 0 radical (unpaired) electrons. The molecule has 0 aliphatic heterocycles. The fraction of sp³-hybridized carbons (Fsp3) is 0.318. The Hall–Kier alpha value is -2.68. The van der Waals surface area contributed by atoms with Gasteiger partial charge < -0.3 is 15.0 Å². The number of nitrogens with one attached hydrogen (secondary N) is 2. The van der Waals surface area contributed by atoms with Gasteiger partial charge >= 0.3 is 0 Å². The average Bonchev–Trinajstić information content (AvgIpc) is 3.39. The number of carbonyl (C=O) groups is 2. The molecule has 2 amide bonds. The Labute approximate surface area is 188 Å². The number of carbonyl (C=O) groups excluding carboxylic acids is 2. The number of para-hydroxylation sites is 1. The summed E-state index contributed by atoms with van der Waals surface area (Å²) in [5, 5.41) is 17.3. The van der Waals surface area contributed by atoms with Crippen LogP contribution in [-0.2, 0) is 4.79 Å². The first-order valence-electron chi connectivity index (χ1n) is 10.1. The van der Waals surface area contributed by atoms with E-state index in [1.54, 1.807) is 11.4 Å². The van der Waals surface area contributed by atoms with Gasteiger partial charge in [-0.15, -0.1) is 11.3 Å². The topological polar surface area (TPSA) is 96.3 Å². The fourth-order valence-electron chi connectivity index (χ4n) is 4.01. The van der Waals surface area contributed by atoms with E-state index >= 15 is 0 Å². The van der Waals surface area contributed by atoms with Crippen molar-refractivity contribution in [1.29, 1.82) is 0 Å². The number of imidazole rings is 1. The monoisotopic (exact) mass is 458 g/mol. The SMILES string of the molecule is C=CC(=O)Nc1csc(C(=O)Nc2nc3cccc(Cl)c3n2C2CCC(CO)CC2)c1. The highest BCUT2D eigenvalue weighted by Crippen LogP contribution is 2.38. The maximum Gasteiger partial charge on any atom is 0.268 e. The molecule has 1 saturated carbocycles. The van der Waals surface area contributed by atoms with Crippen LogP contribution >= 0.6 is 22.9 Å². The standard InChI is InChI=1S/C22H23ClN4O3S/c1-2-19(29)24-14-10-18(31-12-14)21(30)26-22-25-17-5-3-4-16(23)20(17)27(22)15-8-6-13(11-28)7-9-15/h2-5,10,12-13,15,28H,1,6-9,11H2,(H,24,29)(H,25,26,30). The summed E-state index contributed by atoms with van der Waals surface area (Å²) in [6, 6.07) is 7.29. The number of fused-ring (bicyclic) bond motifs is 1. The zero-order chi connectivity index (χ0) is 22.0. The van der Waals surface area contributed by atoms with Gasteiger partial charge in [0.2, 0.25) is 11.9 Å². The van der Waals surface area contributed by atoms with E-state index in [0.717, 1.165) is 36.7 Å². The van der Waals surface area contributed by atoms with Crippen LogP contribution in [-0.4, -0.2) is 33.1 Å². The molecule has 1 aromatic carbocycles. The first kappa shape index (κ1) is 21.5. The second-order valence-corrected chi connectivity index (χ2v) is 8.94. The molecule has 1 aliphatic carbocycles. The van der Waals surface area contributed by atoms with Crippen LogP contribution < -0.4 is 10.6 Å². The average molecular weight is 459 g/mol. The number of hydrogen-bond acceptors (Lipinski definition) is 5. The van der Waals surface area contributed by atoms with E-state index in [9.17, 15) is 14.7 Å². The van der Waals surface area contributed by atoms with Crippen LogP contribution in [0.3, 0.4) is 0 Å². The Kier molecular flexibility index (Phi) is 6.41. The van der Waals surface area contributed by atoms with Crippen molar-refractivity contribution in [2.45, 2.75) is 31.7 Å². The lowest BCUT2D eigenvalue weighted by Gasteiger charge is -2.29. The summed E-state index contributed by atoms with van der Waals surface area (Å²) in [6.45, 7) is 3.62. The third-order valence-electron chi connectivity index (χ3n) is 5.60. The number of nitrogens with zero attached hydrogens (tertiary/aromatic N) is 2. The third-order valence-corrected chi connectivity index (χ3v) is 6.84. The Morgan fingerprint density at radius 3 is 2.77 bits per heavy atom. The van der Waals surface area contributed by atoms with Crippen molar-refractivity contribution in [2.24, 2.45) is 5.92 Å². The predicted molar refractivity (Wildman–Crippen MR) is 124 cm³/mol. The number of benzene rings is 1. The molecule has 31 heavy (non-hydrogen) atoms. The molecule has 1 fully saturated rings.